The summed E-state index contributed by atoms with van der Waals surface area (Å²) >= 11 is 0. The standard InChI is InChI=1S/C25H36N2/c1-3-5-7-9-21-12-16-23(17-13-21)25-19-18-24(26-27-25)22-14-10-20(11-15-22)8-6-4-2/h10-11,14-15,18-19,21,23H,3-9,12-13,16-17H2,1-2H3/t21-,23-. The second kappa shape index (κ2) is 10.6. The summed E-state index contributed by atoms with van der Waals surface area (Å²) in [6, 6.07) is 13.2. The predicted octanol–water partition coefficient (Wildman–Crippen LogP) is 7.34. The number of aryl methyl sites for hydroxylation is 1. The molecule has 1 heterocycles. The minimum atomic E-state index is 0.616. The fraction of sp³-hybridized carbons (Fsp3) is 0.600. The van der Waals surface area contributed by atoms with Gasteiger partial charge in [-0.2, -0.15) is 10.2 Å². The Morgan fingerprint density at radius 2 is 1.52 bits per heavy atom. The molecular weight excluding hydrogens is 328 g/mol. The molecule has 1 fully saturated rings. The van der Waals surface area contributed by atoms with E-state index in [-0.39, 0.29) is 0 Å². The van der Waals surface area contributed by atoms with Gasteiger partial charge in [0.2, 0.25) is 0 Å². The molecule has 2 aromatic rings. The Morgan fingerprint density at radius 1 is 0.778 bits per heavy atom. The van der Waals surface area contributed by atoms with E-state index in [4.69, 9.17) is 0 Å². The number of hydrogen-bond donors (Lipinski definition) is 0. The van der Waals surface area contributed by atoms with Crippen molar-refractivity contribution in [1.82, 2.24) is 10.2 Å². The molecule has 1 saturated carbocycles. The lowest BCUT2D eigenvalue weighted by molar-refractivity contribution is 0.299. The van der Waals surface area contributed by atoms with Crippen LogP contribution in [0.1, 0.15) is 95.2 Å². The molecule has 2 nitrogen and oxygen atoms in total. The van der Waals surface area contributed by atoms with Gasteiger partial charge in [0.15, 0.2) is 0 Å². The van der Waals surface area contributed by atoms with Crippen LogP contribution in [0, 0.1) is 5.92 Å². The van der Waals surface area contributed by atoms with Gasteiger partial charge < -0.3 is 0 Å². The van der Waals surface area contributed by atoms with Crippen molar-refractivity contribution in [3.8, 4) is 11.3 Å². The van der Waals surface area contributed by atoms with Gasteiger partial charge >= 0.3 is 0 Å². The van der Waals surface area contributed by atoms with Gasteiger partial charge in [0.1, 0.15) is 0 Å². The molecule has 0 N–H and O–H groups in total. The molecule has 0 unspecified atom stereocenters. The Balaban J connectivity index is 1.53. The van der Waals surface area contributed by atoms with Gasteiger partial charge in [-0.05, 0) is 62.1 Å². The predicted molar refractivity (Wildman–Crippen MR) is 115 cm³/mol. The number of aromatic nitrogens is 2. The lowest BCUT2D eigenvalue weighted by atomic mass is 9.78. The minimum absolute atomic E-state index is 0.616. The highest BCUT2D eigenvalue weighted by atomic mass is 15.1. The number of nitrogens with zero attached hydrogens (tertiary/aromatic N) is 2. The highest BCUT2D eigenvalue weighted by Crippen LogP contribution is 2.37. The smallest absolute Gasteiger partial charge is 0.0929 e. The van der Waals surface area contributed by atoms with E-state index in [0.717, 1.165) is 11.6 Å². The van der Waals surface area contributed by atoms with E-state index in [1.54, 1.807) is 0 Å². The highest BCUT2D eigenvalue weighted by molar-refractivity contribution is 5.58. The normalized spacial score (nSPS) is 19.9. The third-order valence-corrected chi connectivity index (χ3v) is 6.23. The Labute approximate surface area is 165 Å². The Morgan fingerprint density at radius 3 is 2.15 bits per heavy atom. The molecule has 1 aliphatic rings. The molecule has 0 bridgehead atoms. The van der Waals surface area contributed by atoms with Gasteiger partial charge in [0, 0.05) is 11.5 Å². The molecule has 0 spiro atoms. The van der Waals surface area contributed by atoms with Crippen molar-refractivity contribution in [1.29, 1.82) is 0 Å². The van der Waals surface area contributed by atoms with E-state index in [1.807, 2.05) is 0 Å². The fourth-order valence-corrected chi connectivity index (χ4v) is 4.37. The zero-order valence-electron chi connectivity index (χ0n) is 17.3. The first-order chi connectivity index (χ1) is 13.3. The lowest BCUT2D eigenvalue weighted by Crippen LogP contribution is -2.14. The third-order valence-electron chi connectivity index (χ3n) is 6.23. The monoisotopic (exact) mass is 364 g/mol. The van der Waals surface area contributed by atoms with Crippen molar-refractivity contribution < 1.29 is 0 Å². The number of rotatable bonds is 9. The number of unbranched alkanes of at least 4 members (excludes halogenated alkanes) is 3. The largest absolute Gasteiger partial charge is 0.155 e. The van der Waals surface area contributed by atoms with Crippen LogP contribution in [-0.4, -0.2) is 10.2 Å². The average Bonchev–Trinajstić information content (AvgIpc) is 2.73. The Hall–Kier alpha value is -1.70. The van der Waals surface area contributed by atoms with Crippen molar-refractivity contribution in [3.05, 3.63) is 47.7 Å². The first-order valence-corrected chi connectivity index (χ1v) is 11.2. The van der Waals surface area contributed by atoms with Crippen LogP contribution < -0.4 is 0 Å². The molecule has 3 rings (SSSR count). The first-order valence-electron chi connectivity index (χ1n) is 11.2. The quantitative estimate of drug-likeness (QED) is 0.435. The Bertz CT molecular complexity index is 652. The maximum Gasteiger partial charge on any atom is 0.0929 e. The van der Waals surface area contributed by atoms with Gasteiger partial charge in [-0.25, -0.2) is 0 Å². The average molecular weight is 365 g/mol. The fourth-order valence-electron chi connectivity index (χ4n) is 4.37. The topological polar surface area (TPSA) is 25.8 Å². The van der Waals surface area contributed by atoms with Crippen LogP contribution >= 0.6 is 0 Å². The molecule has 0 amide bonds. The van der Waals surface area contributed by atoms with Crippen molar-refractivity contribution in [2.45, 2.75) is 90.4 Å². The van der Waals surface area contributed by atoms with Crippen LogP contribution in [0.25, 0.3) is 11.3 Å². The summed E-state index contributed by atoms with van der Waals surface area (Å²) in [6.07, 6.45) is 14.6. The Kier molecular flexibility index (Phi) is 7.86. The van der Waals surface area contributed by atoms with Crippen molar-refractivity contribution >= 4 is 0 Å². The second-order valence-corrected chi connectivity index (χ2v) is 8.36. The van der Waals surface area contributed by atoms with E-state index >= 15 is 0 Å². The molecule has 1 aromatic carbocycles. The minimum Gasteiger partial charge on any atom is -0.155 e. The van der Waals surface area contributed by atoms with Crippen molar-refractivity contribution in [2.75, 3.05) is 0 Å². The van der Waals surface area contributed by atoms with Gasteiger partial charge in [0.25, 0.3) is 0 Å². The van der Waals surface area contributed by atoms with E-state index in [1.165, 1.54) is 87.4 Å². The number of hydrogen-bond acceptors (Lipinski definition) is 2. The van der Waals surface area contributed by atoms with E-state index in [2.05, 4.69) is 60.4 Å². The van der Waals surface area contributed by atoms with Crippen molar-refractivity contribution in [2.24, 2.45) is 5.92 Å². The van der Waals surface area contributed by atoms with E-state index < -0.39 is 0 Å². The van der Waals surface area contributed by atoms with E-state index in [9.17, 15) is 0 Å². The molecule has 1 aromatic heterocycles. The third kappa shape index (κ3) is 5.89. The molecule has 146 valence electrons. The molecule has 1 aliphatic carbocycles. The molecule has 27 heavy (non-hydrogen) atoms. The van der Waals surface area contributed by atoms with Gasteiger partial charge in [0.05, 0.1) is 11.4 Å². The zero-order chi connectivity index (χ0) is 18.9. The van der Waals surface area contributed by atoms with Crippen LogP contribution in [-0.2, 0) is 6.42 Å². The molecule has 2 heteroatoms. The summed E-state index contributed by atoms with van der Waals surface area (Å²) in [5.74, 6) is 1.57. The summed E-state index contributed by atoms with van der Waals surface area (Å²) in [7, 11) is 0. The lowest BCUT2D eigenvalue weighted by Gasteiger charge is -2.28. The van der Waals surface area contributed by atoms with E-state index in [0.29, 0.717) is 5.92 Å². The van der Waals surface area contributed by atoms with Crippen LogP contribution in [0.15, 0.2) is 36.4 Å². The summed E-state index contributed by atoms with van der Waals surface area (Å²) in [6.45, 7) is 4.53. The SMILES string of the molecule is CCCCC[C@H]1CC[C@H](c2ccc(-c3ccc(CCCC)cc3)nn2)CC1. The van der Waals surface area contributed by atoms with Crippen LogP contribution in [0.5, 0.6) is 0 Å². The second-order valence-electron chi connectivity index (χ2n) is 8.36. The first kappa shape index (κ1) is 20.0. The maximum absolute atomic E-state index is 4.60. The van der Waals surface area contributed by atoms with Gasteiger partial charge in [-0.15, -0.1) is 0 Å². The van der Waals surface area contributed by atoms with Gasteiger partial charge in [-0.1, -0.05) is 70.2 Å². The maximum atomic E-state index is 4.60. The molecule has 0 saturated heterocycles. The van der Waals surface area contributed by atoms with Crippen LogP contribution in [0.3, 0.4) is 0 Å². The van der Waals surface area contributed by atoms with Crippen LogP contribution in [0.4, 0.5) is 0 Å². The zero-order valence-corrected chi connectivity index (χ0v) is 17.3. The molecule has 0 radical (unpaired) electrons. The summed E-state index contributed by atoms with van der Waals surface area (Å²) < 4.78 is 0. The highest BCUT2D eigenvalue weighted by Gasteiger charge is 2.23. The summed E-state index contributed by atoms with van der Waals surface area (Å²) in [5.41, 5.74) is 4.79. The number of benzene rings is 1. The van der Waals surface area contributed by atoms with Crippen molar-refractivity contribution in [3.63, 3.8) is 0 Å². The summed E-state index contributed by atoms with van der Waals surface area (Å²) in [5, 5.41) is 9.15. The molecule has 0 aliphatic heterocycles. The van der Waals surface area contributed by atoms with Crippen LogP contribution in [0.2, 0.25) is 0 Å². The van der Waals surface area contributed by atoms with Gasteiger partial charge in [-0.3, -0.25) is 0 Å². The molecular formula is C25H36N2. The molecule has 0 atom stereocenters. The summed E-state index contributed by atoms with van der Waals surface area (Å²) in [4.78, 5) is 0.